The molecule has 3 nitrogen and oxygen atoms in total. The summed E-state index contributed by atoms with van der Waals surface area (Å²) < 4.78 is 0. The predicted molar refractivity (Wildman–Crippen MR) is 66.2 cm³/mol. The summed E-state index contributed by atoms with van der Waals surface area (Å²) in [6, 6.07) is 9.30. The first-order chi connectivity index (χ1) is 7.46. The minimum absolute atomic E-state index is 0.0425. The molecule has 1 rings (SSSR count). The SMILES string of the molecule is CN(CC(C)(C)CN)C(=O)c1ccccc1. The second-order valence-corrected chi connectivity index (χ2v) is 4.90. The van der Waals surface area contributed by atoms with Crippen LogP contribution in [0.2, 0.25) is 0 Å². The van der Waals surface area contributed by atoms with Crippen LogP contribution in [-0.2, 0) is 0 Å². The summed E-state index contributed by atoms with van der Waals surface area (Å²) in [4.78, 5) is 13.7. The van der Waals surface area contributed by atoms with Gasteiger partial charge >= 0.3 is 0 Å². The minimum Gasteiger partial charge on any atom is -0.341 e. The zero-order chi connectivity index (χ0) is 12.2. The summed E-state index contributed by atoms with van der Waals surface area (Å²) >= 11 is 0. The summed E-state index contributed by atoms with van der Waals surface area (Å²) in [6.07, 6.45) is 0. The fourth-order valence-corrected chi connectivity index (χ4v) is 1.58. The Kier molecular flexibility index (Phi) is 4.07. The summed E-state index contributed by atoms with van der Waals surface area (Å²) in [6.45, 7) is 5.35. The number of amides is 1. The van der Waals surface area contributed by atoms with Crippen LogP contribution in [0.3, 0.4) is 0 Å². The van der Waals surface area contributed by atoms with Crippen LogP contribution in [0.1, 0.15) is 24.2 Å². The molecule has 0 aliphatic carbocycles. The number of benzene rings is 1. The van der Waals surface area contributed by atoms with Crippen molar-refractivity contribution in [1.82, 2.24) is 4.90 Å². The maximum absolute atomic E-state index is 12.0. The van der Waals surface area contributed by atoms with Crippen LogP contribution < -0.4 is 5.73 Å². The van der Waals surface area contributed by atoms with Crippen molar-refractivity contribution in [2.75, 3.05) is 20.1 Å². The lowest BCUT2D eigenvalue weighted by Crippen LogP contribution is -2.39. The van der Waals surface area contributed by atoms with E-state index in [0.717, 1.165) is 5.56 Å². The zero-order valence-corrected chi connectivity index (χ0v) is 10.2. The lowest BCUT2D eigenvalue weighted by molar-refractivity contribution is 0.0740. The highest BCUT2D eigenvalue weighted by Gasteiger charge is 2.21. The van der Waals surface area contributed by atoms with Crippen LogP contribution >= 0.6 is 0 Å². The summed E-state index contributed by atoms with van der Waals surface area (Å²) in [5.74, 6) is 0.0436. The Hall–Kier alpha value is -1.35. The standard InChI is InChI=1S/C13H20N2O/c1-13(2,9-14)10-15(3)12(16)11-7-5-4-6-8-11/h4-8H,9-10,14H2,1-3H3. The van der Waals surface area contributed by atoms with Gasteiger partial charge in [0.1, 0.15) is 0 Å². The van der Waals surface area contributed by atoms with Crippen molar-refractivity contribution >= 4 is 5.91 Å². The lowest BCUT2D eigenvalue weighted by Gasteiger charge is -2.29. The first-order valence-corrected chi connectivity index (χ1v) is 5.47. The molecular weight excluding hydrogens is 200 g/mol. The van der Waals surface area contributed by atoms with Crippen molar-refractivity contribution in [3.8, 4) is 0 Å². The zero-order valence-electron chi connectivity index (χ0n) is 10.2. The van der Waals surface area contributed by atoms with Crippen LogP contribution in [0.5, 0.6) is 0 Å². The van der Waals surface area contributed by atoms with E-state index in [1.807, 2.05) is 37.4 Å². The monoisotopic (exact) mass is 220 g/mol. The van der Waals surface area contributed by atoms with Gasteiger partial charge in [-0.05, 0) is 24.1 Å². The van der Waals surface area contributed by atoms with Gasteiger partial charge in [0.05, 0.1) is 0 Å². The van der Waals surface area contributed by atoms with Crippen LogP contribution in [0, 0.1) is 5.41 Å². The maximum atomic E-state index is 12.0. The predicted octanol–water partition coefficient (Wildman–Crippen LogP) is 1.74. The largest absolute Gasteiger partial charge is 0.341 e. The normalized spacial score (nSPS) is 11.2. The third-order valence-electron chi connectivity index (χ3n) is 2.59. The average Bonchev–Trinajstić information content (AvgIpc) is 2.28. The van der Waals surface area contributed by atoms with Gasteiger partial charge in [0.2, 0.25) is 0 Å². The third kappa shape index (κ3) is 3.35. The number of hydrogen-bond acceptors (Lipinski definition) is 2. The molecule has 2 N–H and O–H groups in total. The highest BCUT2D eigenvalue weighted by molar-refractivity contribution is 5.94. The van der Waals surface area contributed by atoms with Gasteiger partial charge in [-0.3, -0.25) is 4.79 Å². The second-order valence-electron chi connectivity index (χ2n) is 4.90. The molecule has 16 heavy (non-hydrogen) atoms. The van der Waals surface area contributed by atoms with Gasteiger partial charge < -0.3 is 10.6 Å². The minimum atomic E-state index is -0.0425. The van der Waals surface area contributed by atoms with E-state index in [-0.39, 0.29) is 11.3 Å². The first-order valence-electron chi connectivity index (χ1n) is 5.47. The van der Waals surface area contributed by atoms with Gasteiger partial charge in [0, 0.05) is 19.2 Å². The molecule has 0 unspecified atom stereocenters. The van der Waals surface area contributed by atoms with Crippen molar-refractivity contribution in [3.05, 3.63) is 35.9 Å². The van der Waals surface area contributed by atoms with Crippen LogP contribution in [-0.4, -0.2) is 30.9 Å². The molecule has 0 bridgehead atoms. The van der Waals surface area contributed by atoms with E-state index in [0.29, 0.717) is 13.1 Å². The molecule has 1 aromatic rings. The molecule has 88 valence electrons. The Morgan fingerprint density at radius 3 is 2.38 bits per heavy atom. The van der Waals surface area contributed by atoms with E-state index in [1.165, 1.54) is 0 Å². The maximum Gasteiger partial charge on any atom is 0.253 e. The molecule has 1 amide bonds. The van der Waals surface area contributed by atoms with Gasteiger partial charge in [-0.1, -0.05) is 32.0 Å². The van der Waals surface area contributed by atoms with Gasteiger partial charge in [-0.15, -0.1) is 0 Å². The molecular formula is C13H20N2O. The van der Waals surface area contributed by atoms with Crippen molar-refractivity contribution in [2.45, 2.75) is 13.8 Å². The number of hydrogen-bond donors (Lipinski definition) is 1. The van der Waals surface area contributed by atoms with E-state index in [1.54, 1.807) is 4.90 Å². The number of nitrogens with zero attached hydrogens (tertiary/aromatic N) is 1. The molecule has 0 heterocycles. The van der Waals surface area contributed by atoms with Gasteiger partial charge in [0.25, 0.3) is 5.91 Å². The Bertz CT molecular complexity index is 346. The van der Waals surface area contributed by atoms with Crippen molar-refractivity contribution in [3.63, 3.8) is 0 Å². The number of carbonyl (C=O) groups excluding carboxylic acids is 1. The van der Waals surface area contributed by atoms with E-state index in [9.17, 15) is 4.79 Å². The molecule has 0 aliphatic heterocycles. The molecule has 3 heteroatoms. The van der Waals surface area contributed by atoms with E-state index < -0.39 is 0 Å². The Labute approximate surface area is 97.2 Å². The number of carbonyl (C=O) groups is 1. The summed E-state index contributed by atoms with van der Waals surface area (Å²) in [5.41, 5.74) is 6.33. The molecule has 0 fully saturated rings. The third-order valence-corrected chi connectivity index (χ3v) is 2.59. The fraction of sp³-hybridized carbons (Fsp3) is 0.462. The summed E-state index contributed by atoms with van der Waals surface area (Å²) in [7, 11) is 1.81. The van der Waals surface area contributed by atoms with Crippen LogP contribution in [0.4, 0.5) is 0 Å². The van der Waals surface area contributed by atoms with Crippen LogP contribution in [0.15, 0.2) is 30.3 Å². The van der Waals surface area contributed by atoms with E-state index >= 15 is 0 Å². The Morgan fingerprint density at radius 1 is 1.31 bits per heavy atom. The highest BCUT2D eigenvalue weighted by Crippen LogP contribution is 2.15. The second kappa shape index (κ2) is 5.12. The fourth-order valence-electron chi connectivity index (χ4n) is 1.58. The molecule has 0 aliphatic rings. The number of nitrogens with two attached hydrogens (primary N) is 1. The van der Waals surface area contributed by atoms with Gasteiger partial charge in [-0.25, -0.2) is 0 Å². The smallest absolute Gasteiger partial charge is 0.253 e. The average molecular weight is 220 g/mol. The first kappa shape index (κ1) is 12.7. The topological polar surface area (TPSA) is 46.3 Å². The van der Waals surface area contributed by atoms with Crippen molar-refractivity contribution < 1.29 is 4.79 Å². The van der Waals surface area contributed by atoms with Gasteiger partial charge in [-0.2, -0.15) is 0 Å². The summed E-state index contributed by atoms with van der Waals surface area (Å²) in [5, 5.41) is 0. The molecule has 0 aromatic heterocycles. The van der Waals surface area contributed by atoms with Crippen LogP contribution in [0.25, 0.3) is 0 Å². The quantitative estimate of drug-likeness (QED) is 0.840. The van der Waals surface area contributed by atoms with Crippen molar-refractivity contribution in [2.24, 2.45) is 11.1 Å². The molecule has 1 aromatic carbocycles. The lowest BCUT2D eigenvalue weighted by atomic mass is 9.93. The Balaban J connectivity index is 2.69. The van der Waals surface area contributed by atoms with Crippen molar-refractivity contribution in [1.29, 1.82) is 0 Å². The van der Waals surface area contributed by atoms with E-state index in [4.69, 9.17) is 5.73 Å². The Morgan fingerprint density at radius 2 is 1.88 bits per heavy atom. The highest BCUT2D eigenvalue weighted by atomic mass is 16.2. The van der Waals surface area contributed by atoms with E-state index in [2.05, 4.69) is 13.8 Å². The molecule has 0 radical (unpaired) electrons. The van der Waals surface area contributed by atoms with Gasteiger partial charge in [0.15, 0.2) is 0 Å². The molecule has 0 saturated heterocycles. The molecule has 0 spiro atoms. The molecule has 0 atom stereocenters. The number of rotatable bonds is 4. The molecule has 0 saturated carbocycles.